The molecule has 0 bridgehead atoms. The van der Waals surface area contributed by atoms with E-state index in [1.54, 1.807) is 24.2 Å². The predicted octanol–water partition coefficient (Wildman–Crippen LogP) is 2.32. The molecule has 2 aromatic heterocycles. The smallest absolute Gasteiger partial charge is 0.217 e. The zero-order chi connectivity index (χ0) is 11.0. The minimum Gasteiger partial charge on any atom is -0.472 e. The standard InChI is InChI=1S/C10H9BrN2O2/c1-6-4-15-5-7(6)10(14)9-8(11)3-13(2)12-9/h3-5H,1-2H3. The number of hydrogen-bond donors (Lipinski definition) is 0. The van der Waals surface area contributed by atoms with Crippen LogP contribution in [0.4, 0.5) is 0 Å². The first-order valence-corrected chi connectivity index (χ1v) is 5.15. The van der Waals surface area contributed by atoms with Gasteiger partial charge in [-0.15, -0.1) is 0 Å². The number of hydrogen-bond acceptors (Lipinski definition) is 3. The van der Waals surface area contributed by atoms with Crippen LogP contribution in [0.25, 0.3) is 0 Å². The van der Waals surface area contributed by atoms with Gasteiger partial charge < -0.3 is 4.42 Å². The van der Waals surface area contributed by atoms with E-state index in [0.29, 0.717) is 15.7 Å². The van der Waals surface area contributed by atoms with Gasteiger partial charge in [-0.3, -0.25) is 9.48 Å². The summed E-state index contributed by atoms with van der Waals surface area (Å²) in [6.45, 7) is 1.83. The molecule has 0 aliphatic heterocycles. The van der Waals surface area contributed by atoms with Crippen LogP contribution >= 0.6 is 15.9 Å². The number of halogens is 1. The van der Waals surface area contributed by atoms with Crippen LogP contribution in [0.2, 0.25) is 0 Å². The number of aryl methyl sites for hydroxylation is 2. The van der Waals surface area contributed by atoms with Gasteiger partial charge in [-0.05, 0) is 28.4 Å². The third kappa shape index (κ3) is 1.74. The van der Waals surface area contributed by atoms with Gasteiger partial charge in [0.25, 0.3) is 0 Å². The van der Waals surface area contributed by atoms with Crippen LogP contribution in [0.15, 0.2) is 27.6 Å². The summed E-state index contributed by atoms with van der Waals surface area (Å²) in [4.78, 5) is 12.0. The molecule has 0 amide bonds. The van der Waals surface area contributed by atoms with E-state index in [1.165, 1.54) is 6.26 Å². The summed E-state index contributed by atoms with van der Waals surface area (Å²) in [7, 11) is 1.77. The summed E-state index contributed by atoms with van der Waals surface area (Å²) in [5.74, 6) is -0.131. The molecule has 0 aliphatic carbocycles. The van der Waals surface area contributed by atoms with Crippen molar-refractivity contribution in [1.82, 2.24) is 9.78 Å². The van der Waals surface area contributed by atoms with Crippen LogP contribution in [0, 0.1) is 6.92 Å². The Labute approximate surface area is 95.0 Å². The lowest BCUT2D eigenvalue weighted by Crippen LogP contribution is -2.04. The lowest BCUT2D eigenvalue weighted by atomic mass is 10.1. The normalized spacial score (nSPS) is 10.6. The maximum atomic E-state index is 12.0. The molecule has 0 spiro atoms. The summed E-state index contributed by atoms with van der Waals surface area (Å²) in [5.41, 5.74) is 1.77. The largest absolute Gasteiger partial charge is 0.472 e. The van der Waals surface area contributed by atoms with E-state index in [-0.39, 0.29) is 5.78 Å². The molecule has 78 valence electrons. The van der Waals surface area contributed by atoms with Crippen LogP contribution in [-0.4, -0.2) is 15.6 Å². The second kappa shape index (κ2) is 3.66. The number of aromatic nitrogens is 2. The fourth-order valence-electron chi connectivity index (χ4n) is 1.33. The van der Waals surface area contributed by atoms with Gasteiger partial charge in [0.15, 0.2) is 0 Å². The third-order valence-electron chi connectivity index (χ3n) is 2.10. The summed E-state index contributed by atoms with van der Waals surface area (Å²) < 4.78 is 7.24. The molecule has 2 heterocycles. The van der Waals surface area contributed by atoms with E-state index in [4.69, 9.17) is 4.42 Å². The summed E-state index contributed by atoms with van der Waals surface area (Å²) in [6.07, 6.45) is 4.73. The molecule has 0 saturated carbocycles. The first kappa shape index (κ1) is 10.2. The van der Waals surface area contributed by atoms with E-state index >= 15 is 0 Å². The molecule has 2 aromatic rings. The molecule has 0 aromatic carbocycles. The second-order valence-corrected chi connectivity index (χ2v) is 4.15. The predicted molar refractivity (Wildman–Crippen MR) is 57.8 cm³/mol. The third-order valence-corrected chi connectivity index (χ3v) is 2.68. The maximum absolute atomic E-state index is 12.0. The van der Waals surface area contributed by atoms with Crippen molar-refractivity contribution >= 4 is 21.7 Å². The monoisotopic (exact) mass is 268 g/mol. The Morgan fingerprint density at radius 3 is 2.73 bits per heavy atom. The number of rotatable bonds is 2. The van der Waals surface area contributed by atoms with Gasteiger partial charge in [0, 0.05) is 13.2 Å². The quantitative estimate of drug-likeness (QED) is 0.786. The topological polar surface area (TPSA) is 48.0 Å². The average Bonchev–Trinajstić information content (AvgIpc) is 2.71. The molecule has 15 heavy (non-hydrogen) atoms. The van der Waals surface area contributed by atoms with Crippen LogP contribution in [-0.2, 0) is 7.05 Å². The summed E-state index contributed by atoms with van der Waals surface area (Å²) in [6, 6.07) is 0. The highest BCUT2D eigenvalue weighted by molar-refractivity contribution is 9.10. The molecule has 0 radical (unpaired) electrons. The zero-order valence-electron chi connectivity index (χ0n) is 8.32. The molecule has 5 heteroatoms. The molecule has 0 atom stereocenters. The number of carbonyl (C=O) groups is 1. The van der Waals surface area contributed by atoms with Crippen LogP contribution in [0.1, 0.15) is 21.6 Å². The Hall–Kier alpha value is -1.36. The lowest BCUT2D eigenvalue weighted by molar-refractivity contribution is 0.103. The van der Waals surface area contributed by atoms with Crippen molar-refractivity contribution in [3.8, 4) is 0 Å². The zero-order valence-corrected chi connectivity index (χ0v) is 9.91. The van der Waals surface area contributed by atoms with Crippen molar-refractivity contribution in [2.75, 3.05) is 0 Å². The highest BCUT2D eigenvalue weighted by Gasteiger charge is 2.19. The lowest BCUT2D eigenvalue weighted by Gasteiger charge is -1.94. The van der Waals surface area contributed by atoms with Gasteiger partial charge in [0.1, 0.15) is 12.0 Å². The molecule has 0 saturated heterocycles. The Morgan fingerprint density at radius 1 is 1.53 bits per heavy atom. The molecule has 2 rings (SSSR count). The fourth-order valence-corrected chi connectivity index (χ4v) is 1.89. The SMILES string of the molecule is Cc1cocc1C(=O)c1nn(C)cc1Br. The van der Waals surface area contributed by atoms with Crippen molar-refractivity contribution in [3.05, 3.63) is 40.0 Å². The van der Waals surface area contributed by atoms with Crippen molar-refractivity contribution in [2.24, 2.45) is 7.05 Å². The molecule has 0 N–H and O–H groups in total. The van der Waals surface area contributed by atoms with Gasteiger partial charge >= 0.3 is 0 Å². The first-order chi connectivity index (χ1) is 7.09. The minimum absolute atomic E-state index is 0.131. The van der Waals surface area contributed by atoms with E-state index in [1.807, 2.05) is 6.92 Å². The van der Waals surface area contributed by atoms with Gasteiger partial charge in [0.05, 0.1) is 16.3 Å². The van der Waals surface area contributed by atoms with Gasteiger partial charge in [-0.25, -0.2) is 0 Å². The number of nitrogens with zero attached hydrogens (tertiary/aromatic N) is 2. The van der Waals surface area contributed by atoms with E-state index in [0.717, 1.165) is 5.56 Å². The van der Waals surface area contributed by atoms with Crippen LogP contribution in [0.5, 0.6) is 0 Å². The summed E-state index contributed by atoms with van der Waals surface area (Å²) >= 11 is 3.29. The van der Waals surface area contributed by atoms with Crippen LogP contribution < -0.4 is 0 Å². The van der Waals surface area contributed by atoms with Gasteiger partial charge in [0.2, 0.25) is 5.78 Å². The second-order valence-electron chi connectivity index (χ2n) is 3.30. The Bertz CT molecular complexity index is 513. The van der Waals surface area contributed by atoms with Crippen molar-refractivity contribution in [3.63, 3.8) is 0 Å². The number of furan rings is 1. The van der Waals surface area contributed by atoms with Crippen molar-refractivity contribution in [1.29, 1.82) is 0 Å². The average molecular weight is 269 g/mol. The van der Waals surface area contributed by atoms with Crippen molar-refractivity contribution in [2.45, 2.75) is 6.92 Å². The minimum atomic E-state index is -0.131. The van der Waals surface area contributed by atoms with E-state index in [9.17, 15) is 4.79 Å². The fraction of sp³-hybridized carbons (Fsp3) is 0.200. The Balaban J connectivity index is 2.45. The Kier molecular flexibility index (Phi) is 2.48. The highest BCUT2D eigenvalue weighted by atomic mass is 79.9. The van der Waals surface area contributed by atoms with E-state index < -0.39 is 0 Å². The number of carbonyl (C=O) groups excluding carboxylic acids is 1. The molecule has 0 fully saturated rings. The van der Waals surface area contributed by atoms with Gasteiger partial charge in [-0.2, -0.15) is 5.10 Å². The van der Waals surface area contributed by atoms with Crippen molar-refractivity contribution < 1.29 is 9.21 Å². The molecular weight excluding hydrogens is 260 g/mol. The first-order valence-electron chi connectivity index (χ1n) is 4.36. The maximum Gasteiger partial charge on any atom is 0.217 e. The number of ketones is 1. The highest BCUT2D eigenvalue weighted by Crippen LogP contribution is 2.20. The Morgan fingerprint density at radius 2 is 2.27 bits per heavy atom. The molecule has 4 nitrogen and oxygen atoms in total. The molecule has 0 unspecified atom stereocenters. The van der Waals surface area contributed by atoms with Gasteiger partial charge in [-0.1, -0.05) is 0 Å². The van der Waals surface area contributed by atoms with E-state index in [2.05, 4.69) is 21.0 Å². The summed E-state index contributed by atoms with van der Waals surface area (Å²) in [5, 5.41) is 4.09. The molecule has 0 aliphatic rings. The molecular formula is C10H9BrN2O2. The van der Waals surface area contributed by atoms with Crippen LogP contribution in [0.3, 0.4) is 0 Å².